The number of anilines is 2. The predicted octanol–water partition coefficient (Wildman–Crippen LogP) is 3.35. The highest BCUT2D eigenvalue weighted by Gasteiger charge is 2.17. The fourth-order valence-corrected chi connectivity index (χ4v) is 4.28. The van der Waals surface area contributed by atoms with E-state index in [1.807, 2.05) is 29.9 Å². The van der Waals surface area contributed by atoms with Crippen LogP contribution in [0.2, 0.25) is 0 Å². The molecule has 0 unspecified atom stereocenters. The van der Waals surface area contributed by atoms with Gasteiger partial charge in [0.2, 0.25) is 5.91 Å². The van der Waals surface area contributed by atoms with Crippen LogP contribution in [0.1, 0.15) is 43.1 Å². The maximum atomic E-state index is 12.6. The summed E-state index contributed by atoms with van der Waals surface area (Å²) in [5, 5.41) is 8.53. The van der Waals surface area contributed by atoms with Gasteiger partial charge in [0.15, 0.2) is 5.65 Å². The molecule has 4 heterocycles. The van der Waals surface area contributed by atoms with E-state index < -0.39 is 0 Å². The smallest absolute Gasteiger partial charge is 0.224 e. The van der Waals surface area contributed by atoms with Crippen LogP contribution in [-0.2, 0) is 11.2 Å². The molecule has 0 aliphatic carbocycles. The Bertz CT molecular complexity index is 1100. The lowest BCUT2D eigenvalue weighted by Crippen LogP contribution is -2.44. The van der Waals surface area contributed by atoms with E-state index in [1.165, 1.54) is 0 Å². The van der Waals surface area contributed by atoms with Crippen molar-refractivity contribution in [3.05, 3.63) is 41.3 Å². The number of aryl methyl sites for hydroxylation is 2. The van der Waals surface area contributed by atoms with Gasteiger partial charge in [-0.3, -0.25) is 4.79 Å². The standard InChI is InChI=1S/C24H33N7O/c1-16(2)31-24-21(15-26-31)17(3)20(18(4)27-24)7-9-23(32)28-19-6-8-22(25-14-19)30-12-10-29(5)11-13-30/h6,8,14-16H,7,9-13H2,1-5H3,(H,28,32). The number of carbonyl (C=O) groups is 1. The lowest BCUT2D eigenvalue weighted by molar-refractivity contribution is -0.116. The fraction of sp³-hybridized carbons (Fsp3) is 0.500. The molecule has 4 rings (SSSR count). The third kappa shape index (κ3) is 4.60. The highest BCUT2D eigenvalue weighted by molar-refractivity contribution is 5.91. The molecule has 1 fully saturated rings. The molecular formula is C24H33N7O. The minimum atomic E-state index is -0.0177. The average Bonchev–Trinajstić information content (AvgIpc) is 3.19. The van der Waals surface area contributed by atoms with Crippen molar-refractivity contribution in [2.45, 2.75) is 46.6 Å². The zero-order valence-corrected chi connectivity index (χ0v) is 19.7. The molecule has 0 bridgehead atoms. The Morgan fingerprint density at radius 3 is 2.53 bits per heavy atom. The van der Waals surface area contributed by atoms with Crippen molar-refractivity contribution in [2.24, 2.45) is 0 Å². The van der Waals surface area contributed by atoms with Crippen LogP contribution < -0.4 is 10.2 Å². The first-order valence-corrected chi connectivity index (χ1v) is 11.4. The first-order chi connectivity index (χ1) is 15.3. The summed E-state index contributed by atoms with van der Waals surface area (Å²) in [4.78, 5) is 26.5. The number of fused-ring (bicyclic) bond motifs is 1. The van der Waals surface area contributed by atoms with E-state index in [9.17, 15) is 4.79 Å². The second kappa shape index (κ2) is 9.24. The van der Waals surface area contributed by atoms with Gasteiger partial charge in [-0.15, -0.1) is 0 Å². The van der Waals surface area contributed by atoms with Crippen molar-refractivity contribution in [2.75, 3.05) is 43.4 Å². The number of hydrogen-bond acceptors (Lipinski definition) is 6. The molecule has 3 aromatic rings. The molecular weight excluding hydrogens is 402 g/mol. The zero-order chi connectivity index (χ0) is 22.8. The minimum Gasteiger partial charge on any atom is -0.354 e. The normalized spacial score (nSPS) is 15.0. The number of rotatable bonds is 6. The van der Waals surface area contributed by atoms with Gasteiger partial charge in [0, 0.05) is 49.7 Å². The molecule has 32 heavy (non-hydrogen) atoms. The minimum absolute atomic E-state index is 0.0177. The average molecular weight is 436 g/mol. The summed E-state index contributed by atoms with van der Waals surface area (Å²) in [6.45, 7) is 12.3. The number of likely N-dealkylation sites (N-methyl/N-ethyl adjacent to an activating group) is 1. The highest BCUT2D eigenvalue weighted by atomic mass is 16.1. The number of carbonyl (C=O) groups excluding carboxylic acids is 1. The topological polar surface area (TPSA) is 79.2 Å². The van der Waals surface area contributed by atoms with Gasteiger partial charge < -0.3 is 15.1 Å². The zero-order valence-electron chi connectivity index (χ0n) is 19.7. The number of hydrogen-bond donors (Lipinski definition) is 1. The lowest BCUT2D eigenvalue weighted by atomic mass is 10.0. The summed E-state index contributed by atoms with van der Waals surface area (Å²) in [6, 6.07) is 4.18. The molecule has 1 amide bonds. The lowest BCUT2D eigenvalue weighted by Gasteiger charge is -2.33. The largest absolute Gasteiger partial charge is 0.354 e. The maximum absolute atomic E-state index is 12.6. The Hall–Kier alpha value is -3.00. The molecule has 170 valence electrons. The summed E-state index contributed by atoms with van der Waals surface area (Å²) in [7, 11) is 2.14. The van der Waals surface area contributed by atoms with E-state index in [4.69, 9.17) is 4.98 Å². The number of nitrogens with zero attached hydrogens (tertiary/aromatic N) is 6. The molecule has 3 aromatic heterocycles. The van der Waals surface area contributed by atoms with Crippen molar-refractivity contribution in [1.82, 2.24) is 24.6 Å². The van der Waals surface area contributed by atoms with Crippen molar-refractivity contribution in [3.63, 3.8) is 0 Å². The Morgan fingerprint density at radius 1 is 1.12 bits per heavy atom. The van der Waals surface area contributed by atoms with Gasteiger partial charge in [0.05, 0.1) is 18.1 Å². The van der Waals surface area contributed by atoms with Crippen LogP contribution in [0.3, 0.4) is 0 Å². The van der Waals surface area contributed by atoms with Crippen LogP contribution in [0.5, 0.6) is 0 Å². The summed E-state index contributed by atoms with van der Waals surface area (Å²) in [6.07, 6.45) is 4.67. The Morgan fingerprint density at radius 2 is 1.88 bits per heavy atom. The van der Waals surface area contributed by atoms with Crippen molar-refractivity contribution < 1.29 is 4.79 Å². The van der Waals surface area contributed by atoms with Crippen LogP contribution in [0, 0.1) is 13.8 Å². The molecule has 0 atom stereocenters. The van der Waals surface area contributed by atoms with Crippen LogP contribution in [0.25, 0.3) is 11.0 Å². The molecule has 0 spiro atoms. The first kappa shape index (κ1) is 22.2. The second-order valence-corrected chi connectivity index (χ2v) is 8.96. The molecule has 1 saturated heterocycles. The molecule has 0 radical (unpaired) electrons. The van der Waals surface area contributed by atoms with E-state index in [1.54, 1.807) is 6.20 Å². The third-order valence-electron chi connectivity index (χ3n) is 6.29. The molecule has 0 aromatic carbocycles. The molecule has 1 aliphatic heterocycles. The van der Waals surface area contributed by atoms with Crippen LogP contribution in [0.15, 0.2) is 24.5 Å². The molecule has 0 saturated carbocycles. The number of piperazine rings is 1. The molecule has 8 nitrogen and oxygen atoms in total. The summed E-state index contributed by atoms with van der Waals surface area (Å²) in [5.41, 5.74) is 4.89. The molecule has 1 aliphatic rings. The Kier molecular flexibility index (Phi) is 6.41. The van der Waals surface area contributed by atoms with E-state index in [2.05, 4.69) is 53.0 Å². The number of aromatic nitrogens is 4. The number of amides is 1. The quantitative estimate of drug-likeness (QED) is 0.640. The van der Waals surface area contributed by atoms with E-state index in [-0.39, 0.29) is 11.9 Å². The van der Waals surface area contributed by atoms with Crippen LogP contribution >= 0.6 is 0 Å². The Labute approximate surface area is 189 Å². The van der Waals surface area contributed by atoms with Gasteiger partial charge in [-0.1, -0.05) is 0 Å². The van der Waals surface area contributed by atoms with Crippen molar-refractivity contribution in [3.8, 4) is 0 Å². The van der Waals surface area contributed by atoms with Gasteiger partial charge in [-0.25, -0.2) is 14.6 Å². The van der Waals surface area contributed by atoms with Gasteiger partial charge in [0.25, 0.3) is 0 Å². The second-order valence-electron chi connectivity index (χ2n) is 8.96. The van der Waals surface area contributed by atoms with Gasteiger partial charge >= 0.3 is 0 Å². The predicted molar refractivity (Wildman–Crippen MR) is 128 cm³/mol. The number of nitrogens with one attached hydrogen (secondary N) is 1. The third-order valence-corrected chi connectivity index (χ3v) is 6.29. The maximum Gasteiger partial charge on any atom is 0.224 e. The summed E-state index contributed by atoms with van der Waals surface area (Å²) >= 11 is 0. The molecule has 8 heteroatoms. The van der Waals surface area contributed by atoms with Gasteiger partial charge in [-0.05, 0) is 64.4 Å². The van der Waals surface area contributed by atoms with Crippen LogP contribution in [0.4, 0.5) is 11.5 Å². The SMILES string of the molecule is Cc1nc2c(cnn2C(C)C)c(C)c1CCC(=O)Nc1ccc(N2CCN(C)CC2)nc1. The van der Waals surface area contributed by atoms with Crippen LogP contribution in [-0.4, -0.2) is 63.8 Å². The van der Waals surface area contributed by atoms with E-state index in [0.29, 0.717) is 12.8 Å². The first-order valence-electron chi connectivity index (χ1n) is 11.4. The van der Waals surface area contributed by atoms with Gasteiger partial charge in [-0.2, -0.15) is 5.10 Å². The van der Waals surface area contributed by atoms with E-state index in [0.717, 1.165) is 65.5 Å². The fourth-order valence-electron chi connectivity index (χ4n) is 4.28. The summed E-state index contributed by atoms with van der Waals surface area (Å²) < 4.78 is 1.95. The highest BCUT2D eigenvalue weighted by Crippen LogP contribution is 2.25. The van der Waals surface area contributed by atoms with E-state index >= 15 is 0 Å². The van der Waals surface area contributed by atoms with Crippen molar-refractivity contribution >= 4 is 28.4 Å². The summed E-state index contributed by atoms with van der Waals surface area (Å²) in [5.74, 6) is 0.944. The van der Waals surface area contributed by atoms with Crippen molar-refractivity contribution in [1.29, 1.82) is 0 Å². The Balaban J connectivity index is 1.38. The molecule has 1 N–H and O–H groups in total. The monoisotopic (exact) mass is 435 g/mol. The van der Waals surface area contributed by atoms with Gasteiger partial charge in [0.1, 0.15) is 5.82 Å². The number of pyridine rings is 2.